The van der Waals surface area contributed by atoms with Crippen LogP contribution in [0.1, 0.15) is 29.7 Å². The first-order valence-corrected chi connectivity index (χ1v) is 11.9. The Kier molecular flexibility index (Phi) is 5.93. The molecule has 0 bridgehead atoms. The Bertz CT molecular complexity index is 1240. The molecule has 3 aromatic rings. The molecule has 7 heteroatoms. The molecule has 0 spiro atoms. The lowest BCUT2D eigenvalue weighted by Gasteiger charge is -2.35. The van der Waals surface area contributed by atoms with Crippen LogP contribution < -0.4 is 14.4 Å². The molecule has 32 heavy (non-hydrogen) atoms. The number of aryl methyl sites for hydroxylation is 2. The van der Waals surface area contributed by atoms with Crippen LogP contribution in [0.3, 0.4) is 0 Å². The molecular weight excluding hydrogens is 424 g/mol. The summed E-state index contributed by atoms with van der Waals surface area (Å²) in [5, 5.41) is 2.98. The van der Waals surface area contributed by atoms with E-state index < -0.39 is 16.1 Å². The molecule has 0 aromatic heterocycles. The van der Waals surface area contributed by atoms with Crippen molar-refractivity contribution < 1.29 is 17.9 Å². The number of hydrogen-bond donors (Lipinski definition) is 1. The van der Waals surface area contributed by atoms with E-state index in [-0.39, 0.29) is 23.4 Å². The van der Waals surface area contributed by atoms with E-state index in [1.54, 1.807) is 54.6 Å². The van der Waals surface area contributed by atoms with Gasteiger partial charge >= 0.3 is 0 Å². The normalized spacial score (nSPS) is 16.6. The molecule has 1 N–H and O–H groups in total. The third-order valence-corrected chi connectivity index (χ3v) is 7.40. The topological polar surface area (TPSA) is 75.7 Å². The molecule has 1 amide bonds. The first-order valence-electron chi connectivity index (χ1n) is 10.5. The van der Waals surface area contributed by atoms with Crippen LogP contribution >= 0.6 is 0 Å². The maximum atomic E-state index is 13.4. The average Bonchev–Trinajstić information content (AvgIpc) is 2.78. The fourth-order valence-electron chi connectivity index (χ4n) is 3.98. The maximum Gasteiger partial charge on any atom is 0.264 e. The van der Waals surface area contributed by atoms with Gasteiger partial charge in [-0.2, -0.15) is 0 Å². The summed E-state index contributed by atoms with van der Waals surface area (Å²) in [7, 11) is -3.86. The lowest BCUT2D eigenvalue weighted by molar-refractivity contribution is -0.128. The highest BCUT2D eigenvalue weighted by Gasteiger charge is 2.37. The molecule has 2 atom stereocenters. The minimum Gasteiger partial charge on any atom is -0.476 e. The third-order valence-electron chi connectivity index (χ3n) is 5.61. The van der Waals surface area contributed by atoms with Crippen molar-refractivity contribution in [3.63, 3.8) is 0 Å². The van der Waals surface area contributed by atoms with Crippen molar-refractivity contribution >= 4 is 21.6 Å². The maximum absolute atomic E-state index is 13.4. The van der Waals surface area contributed by atoms with Crippen LogP contribution in [-0.2, 0) is 14.8 Å². The Morgan fingerprint density at radius 3 is 2.44 bits per heavy atom. The van der Waals surface area contributed by atoms with E-state index in [1.807, 2.05) is 32.9 Å². The fraction of sp³-hybridized carbons (Fsp3) is 0.240. The van der Waals surface area contributed by atoms with Crippen molar-refractivity contribution in [3.8, 4) is 5.75 Å². The number of anilines is 1. The summed E-state index contributed by atoms with van der Waals surface area (Å²) in [6, 6.07) is 20.9. The van der Waals surface area contributed by atoms with Gasteiger partial charge in [-0.25, -0.2) is 8.42 Å². The van der Waals surface area contributed by atoms with Gasteiger partial charge in [-0.3, -0.25) is 9.10 Å². The second-order valence-electron chi connectivity index (χ2n) is 8.01. The summed E-state index contributed by atoms with van der Waals surface area (Å²) < 4.78 is 33.9. The zero-order valence-corrected chi connectivity index (χ0v) is 19.1. The largest absolute Gasteiger partial charge is 0.476 e. The standard InChI is InChI=1S/C25H26N2O4S/c1-17-13-14-21(18(2)15-17)19(3)26-25(28)24-16-27(22-11-7-8-12-23(22)31-24)32(29,30)20-9-5-4-6-10-20/h4-15,19,24H,16H2,1-3H3,(H,26,28). The van der Waals surface area contributed by atoms with Crippen LogP contribution in [0.25, 0.3) is 0 Å². The minimum atomic E-state index is -3.86. The molecule has 3 aromatic carbocycles. The van der Waals surface area contributed by atoms with E-state index in [9.17, 15) is 13.2 Å². The summed E-state index contributed by atoms with van der Waals surface area (Å²) >= 11 is 0. The van der Waals surface area contributed by atoms with E-state index in [2.05, 4.69) is 11.4 Å². The third kappa shape index (κ3) is 4.21. The van der Waals surface area contributed by atoms with E-state index in [0.29, 0.717) is 11.4 Å². The van der Waals surface area contributed by atoms with Crippen molar-refractivity contribution in [3.05, 3.63) is 89.5 Å². The molecule has 2 unspecified atom stereocenters. The molecular formula is C25H26N2O4S. The summed E-state index contributed by atoms with van der Waals surface area (Å²) in [5.74, 6) is -0.00202. The number of carbonyl (C=O) groups is 1. The molecule has 0 saturated heterocycles. The molecule has 0 fully saturated rings. The lowest BCUT2D eigenvalue weighted by atomic mass is 10.00. The van der Waals surface area contributed by atoms with Crippen LogP contribution in [0.2, 0.25) is 0 Å². The van der Waals surface area contributed by atoms with E-state index in [1.165, 1.54) is 4.31 Å². The molecule has 0 aliphatic carbocycles. The second-order valence-corrected chi connectivity index (χ2v) is 9.88. The first kappa shape index (κ1) is 21.9. The van der Waals surface area contributed by atoms with E-state index >= 15 is 0 Å². The lowest BCUT2D eigenvalue weighted by Crippen LogP contribution is -2.51. The van der Waals surface area contributed by atoms with Crippen LogP contribution in [0.15, 0.2) is 77.7 Å². The van der Waals surface area contributed by atoms with Gasteiger partial charge in [0.25, 0.3) is 15.9 Å². The molecule has 166 valence electrons. The number of benzene rings is 3. The SMILES string of the molecule is Cc1ccc(C(C)NC(=O)C2CN(S(=O)(=O)c3ccccc3)c3ccccc3O2)c(C)c1. The van der Waals surface area contributed by atoms with Crippen LogP contribution in [0.4, 0.5) is 5.69 Å². The van der Waals surface area contributed by atoms with Crippen LogP contribution in [0, 0.1) is 13.8 Å². The van der Waals surface area contributed by atoms with Crippen LogP contribution in [0.5, 0.6) is 5.75 Å². The number of ether oxygens (including phenoxy) is 1. The van der Waals surface area contributed by atoms with E-state index in [0.717, 1.165) is 16.7 Å². The van der Waals surface area contributed by atoms with Gasteiger partial charge in [-0.05, 0) is 56.2 Å². The number of rotatable bonds is 5. The molecule has 6 nitrogen and oxygen atoms in total. The number of amides is 1. The monoisotopic (exact) mass is 450 g/mol. The van der Waals surface area contributed by atoms with Gasteiger partial charge in [0, 0.05) is 0 Å². The number of hydrogen-bond acceptors (Lipinski definition) is 4. The summed E-state index contributed by atoms with van der Waals surface area (Å²) in [6.07, 6.45) is -0.975. The average molecular weight is 451 g/mol. The highest BCUT2D eigenvalue weighted by molar-refractivity contribution is 7.92. The Balaban J connectivity index is 1.61. The Hall–Kier alpha value is -3.32. The minimum absolute atomic E-state index is 0.111. The van der Waals surface area contributed by atoms with Gasteiger partial charge < -0.3 is 10.1 Å². The van der Waals surface area contributed by atoms with Gasteiger partial charge in [0.2, 0.25) is 0 Å². The van der Waals surface area contributed by atoms with Crippen molar-refractivity contribution in [2.75, 3.05) is 10.8 Å². The highest BCUT2D eigenvalue weighted by Crippen LogP contribution is 2.37. The molecule has 1 aliphatic heterocycles. The quantitative estimate of drug-likeness (QED) is 0.634. The summed E-state index contributed by atoms with van der Waals surface area (Å²) in [5.41, 5.74) is 3.66. The number of nitrogens with zero attached hydrogens (tertiary/aromatic N) is 1. The predicted octanol–water partition coefficient (Wildman–Crippen LogP) is 4.14. The van der Waals surface area contributed by atoms with Crippen molar-refractivity contribution in [1.29, 1.82) is 0 Å². The fourth-order valence-corrected chi connectivity index (χ4v) is 5.48. The van der Waals surface area contributed by atoms with Gasteiger partial charge in [0.05, 0.1) is 23.2 Å². The van der Waals surface area contributed by atoms with Gasteiger partial charge in [0.15, 0.2) is 6.10 Å². The van der Waals surface area contributed by atoms with Crippen molar-refractivity contribution in [2.45, 2.75) is 37.8 Å². The number of nitrogens with one attached hydrogen (secondary N) is 1. The zero-order chi connectivity index (χ0) is 22.9. The van der Waals surface area contributed by atoms with Gasteiger partial charge in [0.1, 0.15) is 5.75 Å². The molecule has 1 heterocycles. The van der Waals surface area contributed by atoms with Gasteiger partial charge in [-0.1, -0.05) is 54.1 Å². The number of fused-ring (bicyclic) bond motifs is 1. The zero-order valence-electron chi connectivity index (χ0n) is 18.3. The molecule has 0 saturated carbocycles. The van der Waals surface area contributed by atoms with Crippen molar-refractivity contribution in [1.82, 2.24) is 5.32 Å². The van der Waals surface area contributed by atoms with Crippen LogP contribution in [-0.4, -0.2) is 27.0 Å². The van der Waals surface area contributed by atoms with E-state index in [4.69, 9.17) is 4.74 Å². The number of sulfonamides is 1. The molecule has 4 rings (SSSR count). The molecule has 0 radical (unpaired) electrons. The Morgan fingerprint density at radius 1 is 1.03 bits per heavy atom. The Labute approximate surface area is 188 Å². The summed E-state index contributed by atoms with van der Waals surface area (Å²) in [4.78, 5) is 13.3. The Morgan fingerprint density at radius 2 is 1.72 bits per heavy atom. The van der Waals surface area contributed by atoms with Gasteiger partial charge in [-0.15, -0.1) is 0 Å². The van der Waals surface area contributed by atoms with Crippen molar-refractivity contribution in [2.24, 2.45) is 0 Å². The summed E-state index contributed by atoms with van der Waals surface area (Å²) in [6.45, 7) is 5.83. The highest BCUT2D eigenvalue weighted by atomic mass is 32.2. The molecule has 1 aliphatic rings. The smallest absolute Gasteiger partial charge is 0.264 e. The second kappa shape index (κ2) is 8.67. The first-order chi connectivity index (χ1) is 15.3. The predicted molar refractivity (Wildman–Crippen MR) is 124 cm³/mol. The number of carbonyl (C=O) groups excluding carboxylic acids is 1. The number of para-hydroxylation sites is 2.